The van der Waals surface area contributed by atoms with Crippen molar-refractivity contribution in [2.75, 3.05) is 13.7 Å². The van der Waals surface area contributed by atoms with Gasteiger partial charge < -0.3 is 15.8 Å². The van der Waals surface area contributed by atoms with Gasteiger partial charge in [-0.15, -0.1) is 0 Å². The lowest BCUT2D eigenvalue weighted by Gasteiger charge is -2.15. The Kier molecular flexibility index (Phi) is 5.99. The Bertz CT molecular complexity index is 693. The van der Waals surface area contributed by atoms with E-state index in [9.17, 15) is 4.79 Å². The number of methoxy groups -OCH3 is 1. The van der Waals surface area contributed by atoms with Crippen molar-refractivity contribution in [1.29, 1.82) is 0 Å². The highest BCUT2D eigenvalue weighted by Gasteiger charge is 2.12. The summed E-state index contributed by atoms with van der Waals surface area (Å²) in [5.74, 6) is 1.05. The van der Waals surface area contributed by atoms with Crippen LogP contribution in [-0.2, 0) is 0 Å². The van der Waals surface area contributed by atoms with Gasteiger partial charge in [-0.1, -0.05) is 44.2 Å². The molecule has 0 aliphatic carbocycles. The molecule has 2 aromatic carbocycles. The predicted molar refractivity (Wildman–Crippen MR) is 97.5 cm³/mol. The van der Waals surface area contributed by atoms with E-state index in [1.54, 1.807) is 19.2 Å². The number of benzene rings is 2. The number of hydrogen-bond donors (Lipinski definition) is 2. The minimum Gasteiger partial charge on any atom is -0.496 e. The van der Waals surface area contributed by atoms with Crippen LogP contribution < -0.4 is 15.8 Å². The molecule has 1 unspecified atom stereocenters. The van der Waals surface area contributed by atoms with Gasteiger partial charge in [-0.3, -0.25) is 4.79 Å². The highest BCUT2D eigenvalue weighted by molar-refractivity contribution is 5.94. The molecule has 0 spiro atoms. The van der Waals surface area contributed by atoms with E-state index in [1.807, 2.05) is 25.1 Å². The number of rotatable bonds is 6. The summed E-state index contributed by atoms with van der Waals surface area (Å²) in [6.07, 6.45) is 0. The molecule has 0 heterocycles. The summed E-state index contributed by atoms with van der Waals surface area (Å²) in [6.45, 7) is 6.64. The minimum atomic E-state index is -0.234. The van der Waals surface area contributed by atoms with Gasteiger partial charge in [0, 0.05) is 18.2 Å². The fourth-order valence-electron chi connectivity index (χ4n) is 2.51. The van der Waals surface area contributed by atoms with Crippen LogP contribution in [-0.4, -0.2) is 19.6 Å². The maximum atomic E-state index is 12.3. The number of carbonyl (C=O) groups is 1. The molecule has 1 amide bonds. The third-order valence-corrected chi connectivity index (χ3v) is 4.18. The van der Waals surface area contributed by atoms with Crippen molar-refractivity contribution in [1.82, 2.24) is 5.32 Å². The van der Waals surface area contributed by atoms with Crippen LogP contribution in [0.25, 0.3) is 0 Å². The number of ether oxygens (including phenoxy) is 1. The lowest BCUT2D eigenvalue weighted by Crippen LogP contribution is -2.31. The fraction of sp³-hybridized carbons (Fsp3) is 0.350. The van der Waals surface area contributed by atoms with E-state index in [0.29, 0.717) is 23.8 Å². The SMILES string of the molecule is COc1cc(C(=O)NCC(N)c2ccc(C(C)C)cc2)ccc1C. The van der Waals surface area contributed by atoms with E-state index in [-0.39, 0.29) is 11.9 Å². The average molecular weight is 326 g/mol. The van der Waals surface area contributed by atoms with E-state index in [4.69, 9.17) is 10.5 Å². The molecule has 0 bridgehead atoms. The Labute approximate surface area is 144 Å². The monoisotopic (exact) mass is 326 g/mol. The van der Waals surface area contributed by atoms with Gasteiger partial charge in [-0.2, -0.15) is 0 Å². The molecule has 2 aromatic rings. The topological polar surface area (TPSA) is 64.3 Å². The Morgan fingerprint density at radius 3 is 2.33 bits per heavy atom. The summed E-state index contributed by atoms with van der Waals surface area (Å²) in [7, 11) is 1.60. The van der Waals surface area contributed by atoms with Crippen molar-refractivity contribution >= 4 is 5.91 Å². The predicted octanol–water partition coefficient (Wildman–Crippen LogP) is 3.56. The molecule has 0 saturated heterocycles. The van der Waals surface area contributed by atoms with Crippen molar-refractivity contribution < 1.29 is 9.53 Å². The highest BCUT2D eigenvalue weighted by atomic mass is 16.5. The molecule has 0 aromatic heterocycles. The smallest absolute Gasteiger partial charge is 0.251 e. The van der Waals surface area contributed by atoms with Gasteiger partial charge in [0.2, 0.25) is 0 Å². The number of nitrogens with two attached hydrogens (primary N) is 1. The van der Waals surface area contributed by atoms with E-state index in [1.165, 1.54) is 5.56 Å². The lowest BCUT2D eigenvalue weighted by atomic mass is 9.99. The summed E-state index contributed by atoms with van der Waals surface area (Å²) in [5, 5.41) is 2.89. The maximum absolute atomic E-state index is 12.3. The molecule has 24 heavy (non-hydrogen) atoms. The number of amides is 1. The Morgan fingerprint density at radius 1 is 1.12 bits per heavy atom. The molecule has 4 heteroatoms. The van der Waals surface area contributed by atoms with Gasteiger partial charge >= 0.3 is 0 Å². The zero-order chi connectivity index (χ0) is 17.7. The van der Waals surface area contributed by atoms with Crippen LogP contribution in [0.15, 0.2) is 42.5 Å². The molecule has 128 valence electrons. The number of hydrogen-bond acceptors (Lipinski definition) is 3. The quantitative estimate of drug-likeness (QED) is 0.853. The van der Waals surface area contributed by atoms with Gasteiger partial charge in [0.15, 0.2) is 0 Å². The zero-order valence-corrected chi connectivity index (χ0v) is 14.8. The van der Waals surface area contributed by atoms with Crippen LogP contribution in [0.4, 0.5) is 0 Å². The van der Waals surface area contributed by atoms with Gasteiger partial charge in [-0.05, 0) is 41.7 Å². The summed E-state index contributed by atoms with van der Waals surface area (Å²) < 4.78 is 5.26. The van der Waals surface area contributed by atoms with E-state index >= 15 is 0 Å². The van der Waals surface area contributed by atoms with Crippen molar-refractivity contribution in [3.63, 3.8) is 0 Å². The second kappa shape index (κ2) is 7.97. The molecule has 0 fully saturated rings. The van der Waals surface area contributed by atoms with E-state index in [0.717, 1.165) is 11.1 Å². The molecule has 2 rings (SSSR count). The lowest BCUT2D eigenvalue weighted by molar-refractivity contribution is 0.0951. The van der Waals surface area contributed by atoms with Crippen molar-refractivity contribution in [3.05, 3.63) is 64.7 Å². The summed E-state index contributed by atoms with van der Waals surface area (Å²) in [6, 6.07) is 13.4. The first-order valence-electron chi connectivity index (χ1n) is 8.20. The third-order valence-electron chi connectivity index (χ3n) is 4.18. The maximum Gasteiger partial charge on any atom is 0.251 e. The molecule has 3 N–H and O–H groups in total. The first-order chi connectivity index (χ1) is 11.4. The van der Waals surface area contributed by atoms with E-state index in [2.05, 4.69) is 31.3 Å². The molecule has 0 aliphatic heterocycles. The van der Waals surface area contributed by atoms with Crippen molar-refractivity contribution in [3.8, 4) is 5.75 Å². The van der Waals surface area contributed by atoms with Crippen LogP contribution in [0.1, 0.15) is 52.9 Å². The molecule has 0 saturated carbocycles. The Morgan fingerprint density at radius 2 is 1.75 bits per heavy atom. The Hall–Kier alpha value is -2.33. The van der Waals surface area contributed by atoms with Crippen molar-refractivity contribution in [2.45, 2.75) is 32.7 Å². The van der Waals surface area contributed by atoms with Gasteiger partial charge in [-0.25, -0.2) is 0 Å². The first kappa shape index (κ1) is 18.0. The second-order valence-electron chi connectivity index (χ2n) is 6.32. The fourth-order valence-corrected chi connectivity index (χ4v) is 2.51. The van der Waals surface area contributed by atoms with Gasteiger partial charge in [0.05, 0.1) is 7.11 Å². The van der Waals surface area contributed by atoms with Crippen molar-refractivity contribution in [2.24, 2.45) is 5.73 Å². The molecule has 1 atom stereocenters. The van der Waals surface area contributed by atoms with Crippen LogP contribution in [0, 0.1) is 6.92 Å². The van der Waals surface area contributed by atoms with E-state index < -0.39 is 0 Å². The first-order valence-corrected chi connectivity index (χ1v) is 8.20. The Balaban J connectivity index is 1.98. The van der Waals surface area contributed by atoms with Gasteiger partial charge in [0.1, 0.15) is 5.75 Å². The minimum absolute atomic E-state index is 0.150. The number of aryl methyl sites for hydroxylation is 1. The van der Waals surface area contributed by atoms with Crippen LogP contribution in [0.2, 0.25) is 0 Å². The summed E-state index contributed by atoms with van der Waals surface area (Å²) >= 11 is 0. The molecule has 0 radical (unpaired) electrons. The normalized spacial score (nSPS) is 12.1. The summed E-state index contributed by atoms with van der Waals surface area (Å²) in [4.78, 5) is 12.3. The van der Waals surface area contributed by atoms with Crippen LogP contribution >= 0.6 is 0 Å². The summed E-state index contributed by atoms with van der Waals surface area (Å²) in [5.41, 5.74) is 10.0. The standard InChI is InChI=1S/C20H26N2O2/c1-13(2)15-7-9-16(10-8-15)18(21)12-22-20(23)17-6-5-14(3)19(11-17)24-4/h5-11,13,18H,12,21H2,1-4H3,(H,22,23). The highest BCUT2D eigenvalue weighted by Crippen LogP contribution is 2.20. The second-order valence-corrected chi connectivity index (χ2v) is 6.32. The molecule has 0 aliphatic rings. The van der Waals surface area contributed by atoms with Gasteiger partial charge in [0.25, 0.3) is 5.91 Å². The molecular weight excluding hydrogens is 300 g/mol. The van der Waals surface area contributed by atoms with Crippen LogP contribution in [0.5, 0.6) is 5.75 Å². The third kappa shape index (κ3) is 4.36. The largest absolute Gasteiger partial charge is 0.496 e. The molecule has 4 nitrogen and oxygen atoms in total. The zero-order valence-electron chi connectivity index (χ0n) is 14.8. The van der Waals surface area contributed by atoms with Crippen LogP contribution in [0.3, 0.4) is 0 Å². The number of carbonyl (C=O) groups excluding carboxylic acids is 1. The average Bonchev–Trinajstić information content (AvgIpc) is 2.59. The molecular formula is C20H26N2O2. The number of nitrogens with one attached hydrogen (secondary N) is 1.